The first-order valence-corrected chi connectivity index (χ1v) is 11.2. The van der Waals surface area contributed by atoms with Crippen LogP contribution < -0.4 is 0 Å². The number of hydrogen-bond acceptors (Lipinski definition) is 0. The van der Waals surface area contributed by atoms with Crippen molar-refractivity contribution in [3.05, 3.63) is 70.3 Å². The van der Waals surface area contributed by atoms with Gasteiger partial charge in [-0.05, 0) is 0 Å². The summed E-state index contributed by atoms with van der Waals surface area (Å²) in [6.07, 6.45) is 1.19. The van der Waals surface area contributed by atoms with Gasteiger partial charge in [-0.25, -0.2) is 0 Å². The van der Waals surface area contributed by atoms with Crippen molar-refractivity contribution in [1.29, 1.82) is 0 Å². The van der Waals surface area contributed by atoms with Crippen LogP contribution in [0.1, 0.15) is 41.7 Å². The third-order valence-corrected chi connectivity index (χ3v) is 4.58. The molecule has 0 aliphatic heterocycles. The molecule has 0 nitrogen and oxygen atoms in total. The Morgan fingerprint density at radius 2 is 1.42 bits per heavy atom. The molecule has 0 N–H and O–H groups in total. The average Bonchev–Trinajstić information content (AvgIpc) is 3.06. The molecular weight excluding hydrogens is 495 g/mol. The standard InChI is InChI=1S/C13H15.C9H13.C2H6Si.Hf/c1-10(2)9-12-8-7-11-5-3-4-6-13(11)12;1-6-5-7(2)9(4)8(6)3;1-3-2;/h3-8,10H,9H2,1-2H3;5H,1-4H3;1-2H3;/q2*-1;;. The van der Waals surface area contributed by atoms with Gasteiger partial charge < -0.3 is 0 Å². The summed E-state index contributed by atoms with van der Waals surface area (Å²) in [5, 5.41) is 2.80. The smallest absolute Gasteiger partial charge is 0.0307 e. The van der Waals surface area contributed by atoms with Crippen LogP contribution in [0.25, 0.3) is 10.8 Å². The molecule has 0 saturated heterocycles. The molecule has 0 aromatic heterocycles. The molecular formula is C24H34HfSi-2. The summed E-state index contributed by atoms with van der Waals surface area (Å²) in [5.74, 6) is 0.741. The van der Waals surface area contributed by atoms with Crippen molar-refractivity contribution in [3.8, 4) is 0 Å². The second-order valence-electron chi connectivity index (χ2n) is 7.30. The van der Waals surface area contributed by atoms with Gasteiger partial charge >= 0.3 is 0 Å². The fraction of sp³-hybridized carbons (Fsp3) is 0.417. The van der Waals surface area contributed by atoms with E-state index >= 15 is 0 Å². The molecule has 0 spiro atoms. The molecule has 0 aliphatic rings. The Labute approximate surface area is 182 Å². The summed E-state index contributed by atoms with van der Waals surface area (Å²) in [6.45, 7) is 17.5. The maximum atomic E-state index is 2.27. The fourth-order valence-corrected chi connectivity index (χ4v) is 2.97. The normalized spacial score (nSPS) is 9.88. The van der Waals surface area contributed by atoms with Crippen molar-refractivity contribution in [1.82, 2.24) is 0 Å². The van der Waals surface area contributed by atoms with E-state index in [1.807, 2.05) is 0 Å². The van der Waals surface area contributed by atoms with Gasteiger partial charge in [0.05, 0.1) is 0 Å². The maximum absolute atomic E-state index is 2.27. The number of rotatable bonds is 2. The first-order chi connectivity index (χ1) is 11.8. The van der Waals surface area contributed by atoms with E-state index in [0.717, 1.165) is 15.4 Å². The van der Waals surface area contributed by atoms with Gasteiger partial charge in [-0.1, -0.05) is 73.0 Å². The molecule has 0 saturated carbocycles. The second kappa shape index (κ2) is 12.6. The van der Waals surface area contributed by atoms with Crippen LogP contribution in [0.3, 0.4) is 0 Å². The van der Waals surface area contributed by atoms with Crippen molar-refractivity contribution >= 4 is 20.3 Å². The first kappa shape index (κ1) is 25.3. The fourth-order valence-electron chi connectivity index (χ4n) is 2.97. The molecule has 0 fully saturated rings. The molecule has 2 radical (unpaired) electrons. The number of aryl methyl sites for hydroxylation is 2. The molecule has 0 bridgehead atoms. The zero-order valence-electron chi connectivity index (χ0n) is 17.8. The van der Waals surface area contributed by atoms with Crippen LogP contribution in [-0.4, -0.2) is 9.52 Å². The third-order valence-electron chi connectivity index (χ3n) is 4.58. The Balaban J connectivity index is 0.000000423. The summed E-state index contributed by atoms with van der Waals surface area (Å²) >= 11 is 0. The molecule has 0 atom stereocenters. The molecule has 2 heteroatoms. The molecule has 0 heterocycles. The Morgan fingerprint density at radius 1 is 0.923 bits per heavy atom. The van der Waals surface area contributed by atoms with Crippen LogP contribution in [0.4, 0.5) is 0 Å². The Hall–Kier alpha value is -0.733. The number of fused-ring (bicyclic) bond motifs is 1. The van der Waals surface area contributed by atoms with Gasteiger partial charge in [-0.3, -0.25) is 0 Å². The van der Waals surface area contributed by atoms with Gasteiger partial charge in [0, 0.05) is 35.4 Å². The van der Waals surface area contributed by atoms with E-state index in [4.69, 9.17) is 0 Å². The van der Waals surface area contributed by atoms with Crippen molar-refractivity contribution in [2.75, 3.05) is 0 Å². The van der Waals surface area contributed by atoms with Gasteiger partial charge in [0.2, 0.25) is 0 Å². The molecule has 3 rings (SSSR count). The van der Waals surface area contributed by atoms with Gasteiger partial charge in [-0.15, -0.1) is 41.1 Å². The Bertz CT molecular complexity index is 739. The quantitative estimate of drug-likeness (QED) is 0.244. The third kappa shape index (κ3) is 7.48. The zero-order chi connectivity index (χ0) is 19.0. The minimum Gasteiger partial charge on any atom is -0.196 e. The Morgan fingerprint density at radius 3 is 1.85 bits per heavy atom. The zero-order valence-corrected chi connectivity index (χ0v) is 22.4. The largest absolute Gasteiger partial charge is 0.196 e. The molecule has 26 heavy (non-hydrogen) atoms. The summed E-state index contributed by atoms with van der Waals surface area (Å²) in [4.78, 5) is 0. The average molecular weight is 529 g/mol. The van der Waals surface area contributed by atoms with Crippen LogP contribution in [0.15, 0.2) is 42.5 Å². The van der Waals surface area contributed by atoms with E-state index in [-0.39, 0.29) is 25.8 Å². The van der Waals surface area contributed by atoms with Crippen LogP contribution in [-0.2, 0) is 32.3 Å². The molecule has 0 aliphatic carbocycles. The van der Waals surface area contributed by atoms with Gasteiger partial charge in [0.25, 0.3) is 0 Å². The molecule has 3 aromatic rings. The molecule has 3 aromatic carbocycles. The summed E-state index contributed by atoms with van der Waals surface area (Å²) in [6, 6.07) is 15.3. The minimum absolute atomic E-state index is 0. The summed E-state index contributed by atoms with van der Waals surface area (Å²) in [7, 11) is 1.08. The number of benzene rings is 1. The van der Waals surface area contributed by atoms with E-state index in [1.165, 1.54) is 45.0 Å². The van der Waals surface area contributed by atoms with E-state index in [1.54, 1.807) is 0 Å². The topological polar surface area (TPSA) is 0 Å². The predicted molar refractivity (Wildman–Crippen MR) is 117 cm³/mol. The maximum Gasteiger partial charge on any atom is 0.0307 e. The minimum atomic E-state index is 0. The molecule has 0 unspecified atom stereocenters. The van der Waals surface area contributed by atoms with E-state index < -0.39 is 0 Å². The van der Waals surface area contributed by atoms with Crippen molar-refractivity contribution in [2.45, 2.75) is 61.1 Å². The van der Waals surface area contributed by atoms with Crippen LogP contribution in [0.5, 0.6) is 0 Å². The van der Waals surface area contributed by atoms with E-state index in [9.17, 15) is 0 Å². The van der Waals surface area contributed by atoms with Crippen LogP contribution in [0.2, 0.25) is 13.1 Å². The van der Waals surface area contributed by atoms with Crippen molar-refractivity contribution < 1.29 is 25.8 Å². The SMILES string of the molecule is CC(C)Cc1c[cH-]c2ccccc12.C[Si]C.Cc1[cH-]c(C)c(C)c1C.[Hf]. The number of hydrogen-bond donors (Lipinski definition) is 0. The van der Waals surface area contributed by atoms with Gasteiger partial charge in [-0.2, -0.15) is 33.9 Å². The predicted octanol–water partition coefficient (Wildman–Crippen LogP) is 7.18. The molecule has 0 amide bonds. The molecule has 140 valence electrons. The van der Waals surface area contributed by atoms with E-state index in [0.29, 0.717) is 0 Å². The Kier molecular flexibility index (Phi) is 12.3. The van der Waals surface area contributed by atoms with Crippen LogP contribution >= 0.6 is 0 Å². The monoisotopic (exact) mass is 530 g/mol. The van der Waals surface area contributed by atoms with E-state index in [2.05, 4.69) is 97.1 Å². The first-order valence-electron chi connectivity index (χ1n) is 9.23. The van der Waals surface area contributed by atoms with Crippen LogP contribution in [0, 0.1) is 33.6 Å². The van der Waals surface area contributed by atoms with Crippen molar-refractivity contribution in [2.24, 2.45) is 5.92 Å². The summed E-state index contributed by atoms with van der Waals surface area (Å²) < 4.78 is 0. The second-order valence-corrected chi connectivity index (χ2v) is 8.30. The van der Waals surface area contributed by atoms with Crippen molar-refractivity contribution in [3.63, 3.8) is 0 Å². The van der Waals surface area contributed by atoms with Gasteiger partial charge in [0.1, 0.15) is 0 Å². The van der Waals surface area contributed by atoms with Gasteiger partial charge in [0.15, 0.2) is 0 Å². The summed E-state index contributed by atoms with van der Waals surface area (Å²) in [5.41, 5.74) is 7.24.